The van der Waals surface area contributed by atoms with E-state index in [2.05, 4.69) is 20.6 Å². The van der Waals surface area contributed by atoms with Crippen LogP contribution in [-0.4, -0.2) is 35.1 Å². The average molecular weight is 362 g/mol. The van der Waals surface area contributed by atoms with Crippen LogP contribution in [0.1, 0.15) is 10.4 Å². The van der Waals surface area contributed by atoms with Crippen molar-refractivity contribution in [3.63, 3.8) is 0 Å². The second kappa shape index (κ2) is 7.74. The summed E-state index contributed by atoms with van der Waals surface area (Å²) in [6, 6.07) is 16.4. The number of aromatic nitrogens is 2. The second-order valence-corrected chi connectivity index (χ2v) is 5.99. The van der Waals surface area contributed by atoms with Gasteiger partial charge in [-0.1, -0.05) is 18.2 Å². The minimum atomic E-state index is -0.233. The Bertz CT molecular complexity index is 933. The summed E-state index contributed by atoms with van der Waals surface area (Å²) in [5.74, 6) is 1.70. The van der Waals surface area contributed by atoms with Gasteiger partial charge in [-0.3, -0.25) is 4.79 Å². The molecule has 0 radical (unpaired) electrons. The highest BCUT2D eigenvalue weighted by molar-refractivity contribution is 5.95. The first kappa shape index (κ1) is 16.8. The number of rotatable bonds is 5. The van der Waals surface area contributed by atoms with E-state index in [1.54, 1.807) is 36.7 Å². The molecule has 1 aliphatic rings. The number of ether oxygens (including phenoxy) is 2. The first-order chi connectivity index (χ1) is 13.3. The third-order valence-electron chi connectivity index (χ3n) is 4.00. The van der Waals surface area contributed by atoms with E-state index in [1.807, 2.05) is 30.3 Å². The van der Waals surface area contributed by atoms with Crippen molar-refractivity contribution in [1.29, 1.82) is 0 Å². The molecular formula is C20H18N4O3. The first-order valence-corrected chi connectivity index (χ1v) is 8.59. The van der Waals surface area contributed by atoms with Crippen LogP contribution in [0, 0.1) is 0 Å². The number of para-hydroxylation sites is 2. The quantitative estimate of drug-likeness (QED) is 0.726. The zero-order valence-electron chi connectivity index (χ0n) is 14.5. The summed E-state index contributed by atoms with van der Waals surface area (Å²) < 4.78 is 11.5. The third kappa shape index (κ3) is 4.14. The number of nitrogens with zero attached hydrogens (tertiary/aromatic N) is 2. The monoisotopic (exact) mass is 362 g/mol. The van der Waals surface area contributed by atoms with Gasteiger partial charge >= 0.3 is 0 Å². The molecule has 0 aliphatic carbocycles. The number of carbonyl (C=O) groups excluding carboxylic acids is 1. The summed E-state index contributed by atoms with van der Waals surface area (Å²) >= 11 is 0. The largest absolute Gasteiger partial charge is 0.486 e. The molecule has 0 saturated carbocycles. The van der Waals surface area contributed by atoms with Crippen LogP contribution in [0.25, 0.3) is 0 Å². The highest BCUT2D eigenvalue weighted by Crippen LogP contribution is 2.30. The van der Waals surface area contributed by atoms with Crippen molar-refractivity contribution in [2.75, 3.05) is 18.5 Å². The lowest BCUT2D eigenvalue weighted by molar-refractivity contribution is 0.0789. The lowest BCUT2D eigenvalue weighted by atomic mass is 10.2. The number of fused-ring (bicyclic) bond motifs is 1. The molecule has 0 bridgehead atoms. The van der Waals surface area contributed by atoms with Crippen molar-refractivity contribution < 1.29 is 14.3 Å². The van der Waals surface area contributed by atoms with Crippen molar-refractivity contribution >= 4 is 17.5 Å². The molecule has 7 heteroatoms. The molecule has 136 valence electrons. The summed E-state index contributed by atoms with van der Waals surface area (Å²) in [5.41, 5.74) is 1.27. The maximum absolute atomic E-state index is 12.5. The number of carbonyl (C=O) groups is 1. The summed E-state index contributed by atoms with van der Waals surface area (Å²) in [4.78, 5) is 20.7. The highest BCUT2D eigenvalue weighted by atomic mass is 16.6. The van der Waals surface area contributed by atoms with Crippen LogP contribution in [0.4, 0.5) is 11.6 Å². The Labute approximate surface area is 156 Å². The van der Waals surface area contributed by atoms with Crippen molar-refractivity contribution in [3.8, 4) is 11.5 Å². The number of benzene rings is 2. The Morgan fingerprint density at radius 3 is 2.70 bits per heavy atom. The minimum Gasteiger partial charge on any atom is -0.486 e. The molecule has 0 saturated heterocycles. The van der Waals surface area contributed by atoms with E-state index in [-0.39, 0.29) is 12.0 Å². The molecule has 1 aliphatic heterocycles. The fourth-order valence-corrected chi connectivity index (χ4v) is 2.70. The molecular weight excluding hydrogens is 344 g/mol. The van der Waals surface area contributed by atoms with Crippen molar-refractivity contribution in [3.05, 3.63) is 72.6 Å². The SMILES string of the molecule is O=C(NCC1COc2ccccc2O1)c1cccc(Nc2ncccn2)c1. The lowest BCUT2D eigenvalue weighted by Crippen LogP contribution is -2.40. The van der Waals surface area contributed by atoms with Crippen LogP contribution in [0.2, 0.25) is 0 Å². The molecule has 1 atom stereocenters. The van der Waals surface area contributed by atoms with E-state index in [0.717, 1.165) is 11.4 Å². The maximum atomic E-state index is 12.5. The maximum Gasteiger partial charge on any atom is 0.251 e. The number of hydrogen-bond donors (Lipinski definition) is 2. The van der Waals surface area contributed by atoms with Crippen LogP contribution < -0.4 is 20.1 Å². The summed E-state index contributed by atoms with van der Waals surface area (Å²) in [5, 5.41) is 5.96. The van der Waals surface area contributed by atoms with Crippen LogP contribution in [0.3, 0.4) is 0 Å². The molecule has 0 spiro atoms. The molecule has 0 fully saturated rings. The van der Waals surface area contributed by atoms with Crippen molar-refractivity contribution in [1.82, 2.24) is 15.3 Å². The summed E-state index contributed by atoms with van der Waals surface area (Å²) in [6.45, 7) is 0.747. The third-order valence-corrected chi connectivity index (χ3v) is 4.00. The Kier molecular flexibility index (Phi) is 4.82. The van der Waals surface area contributed by atoms with E-state index in [9.17, 15) is 4.79 Å². The number of anilines is 2. The molecule has 2 aromatic carbocycles. The standard InChI is InChI=1S/C20H18N4O3/c25-19(23-12-16-13-26-17-7-1-2-8-18(17)27-16)14-5-3-6-15(11-14)24-20-21-9-4-10-22-20/h1-11,16H,12-13H2,(H,23,25)(H,21,22,24). The summed E-state index contributed by atoms with van der Waals surface area (Å²) in [6.07, 6.45) is 3.06. The van der Waals surface area contributed by atoms with Gasteiger partial charge in [0.1, 0.15) is 12.7 Å². The zero-order chi connectivity index (χ0) is 18.5. The number of nitrogens with one attached hydrogen (secondary N) is 2. The van der Waals surface area contributed by atoms with Crippen LogP contribution in [-0.2, 0) is 0 Å². The average Bonchev–Trinajstić information content (AvgIpc) is 2.73. The number of amides is 1. The molecule has 4 rings (SSSR count). The molecule has 1 amide bonds. The van der Waals surface area contributed by atoms with E-state index in [0.29, 0.717) is 30.4 Å². The van der Waals surface area contributed by atoms with Gasteiger partial charge in [-0.25, -0.2) is 9.97 Å². The second-order valence-electron chi connectivity index (χ2n) is 5.99. The summed E-state index contributed by atoms with van der Waals surface area (Å²) in [7, 11) is 0. The van der Waals surface area contributed by atoms with Gasteiger partial charge < -0.3 is 20.1 Å². The van der Waals surface area contributed by atoms with Gasteiger partial charge in [-0.2, -0.15) is 0 Å². The molecule has 2 N–H and O–H groups in total. The topological polar surface area (TPSA) is 85.4 Å². The molecule has 7 nitrogen and oxygen atoms in total. The van der Waals surface area contributed by atoms with E-state index in [4.69, 9.17) is 9.47 Å². The van der Waals surface area contributed by atoms with E-state index < -0.39 is 0 Å². The van der Waals surface area contributed by atoms with Crippen LogP contribution in [0.15, 0.2) is 67.0 Å². The molecule has 1 unspecified atom stereocenters. The van der Waals surface area contributed by atoms with Crippen molar-refractivity contribution in [2.24, 2.45) is 0 Å². The Morgan fingerprint density at radius 2 is 1.85 bits per heavy atom. The predicted molar refractivity (Wildman–Crippen MR) is 100 cm³/mol. The molecule has 2 heterocycles. The first-order valence-electron chi connectivity index (χ1n) is 8.59. The Balaban J connectivity index is 1.35. The van der Waals surface area contributed by atoms with Gasteiger partial charge in [0.25, 0.3) is 5.91 Å². The fraction of sp³-hybridized carbons (Fsp3) is 0.150. The molecule has 1 aromatic heterocycles. The fourth-order valence-electron chi connectivity index (χ4n) is 2.70. The van der Waals surface area contributed by atoms with Crippen molar-refractivity contribution in [2.45, 2.75) is 6.10 Å². The van der Waals surface area contributed by atoms with Gasteiger partial charge in [0.05, 0.1) is 6.54 Å². The van der Waals surface area contributed by atoms with Gasteiger partial charge in [0, 0.05) is 23.6 Å². The van der Waals surface area contributed by atoms with Gasteiger partial charge in [-0.15, -0.1) is 0 Å². The lowest BCUT2D eigenvalue weighted by Gasteiger charge is -2.26. The predicted octanol–water partition coefficient (Wildman–Crippen LogP) is 2.79. The van der Waals surface area contributed by atoms with Gasteiger partial charge in [0.2, 0.25) is 5.95 Å². The molecule has 27 heavy (non-hydrogen) atoms. The zero-order valence-corrected chi connectivity index (χ0v) is 14.5. The smallest absolute Gasteiger partial charge is 0.251 e. The van der Waals surface area contributed by atoms with Crippen LogP contribution in [0.5, 0.6) is 11.5 Å². The van der Waals surface area contributed by atoms with Gasteiger partial charge in [0.15, 0.2) is 11.5 Å². The van der Waals surface area contributed by atoms with Gasteiger partial charge in [-0.05, 0) is 36.4 Å². The highest BCUT2D eigenvalue weighted by Gasteiger charge is 2.21. The van der Waals surface area contributed by atoms with E-state index in [1.165, 1.54) is 0 Å². The van der Waals surface area contributed by atoms with Crippen LogP contribution >= 0.6 is 0 Å². The Hall–Kier alpha value is -3.61. The molecule has 3 aromatic rings. The normalized spacial score (nSPS) is 15.0. The number of hydrogen-bond acceptors (Lipinski definition) is 6. The minimum absolute atomic E-state index is 0.185. The Morgan fingerprint density at radius 1 is 1.04 bits per heavy atom. The van der Waals surface area contributed by atoms with E-state index >= 15 is 0 Å².